The average Bonchev–Trinajstić information content (AvgIpc) is 3.26. The molecule has 3 aromatic rings. The van der Waals surface area contributed by atoms with Crippen LogP contribution in [0.25, 0.3) is 10.9 Å². The number of hydrogen-bond donors (Lipinski definition) is 0. The van der Waals surface area contributed by atoms with E-state index in [4.69, 9.17) is 0 Å². The first-order valence-corrected chi connectivity index (χ1v) is 8.66. The highest BCUT2D eigenvalue weighted by molar-refractivity contribution is 7.97. The van der Waals surface area contributed by atoms with Crippen molar-refractivity contribution in [3.63, 3.8) is 0 Å². The Morgan fingerprint density at radius 2 is 2.09 bits per heavy atom. The van der Waals surface area contributed by atoms with Crippen LogP contribution in [0.15, 0.2) is 30.3 Å². The SMILES string of the molecule is Cc1cc(CSCc2nnnn2C2CC2)c2ccccc2n1. The molecule has 1 aliphatic rings. The quantitative estimate of drug-likeness (QED) is 0.723. The number of pyridine rings is 1. The monoisotopic (exact) mass is 311 g/mol. The maximum atomic E-state index is 4.59. The Balaban J connectivity index is 1.50. The van der Waals surface area contributed by atoms with Crippen LogP contribution in [0.1, 0.15) is 36.0 Å². The number of aromatic nitrogens is 5. The Kier molecular flexibility index (Phi) is 3.54. The minimum absolute atomic E-state index is 0.537. The number of nitrogens with zero attached hydrogens (tertiary/aromatic N) is 5. The lowest BCUT2D eigenvalue weighted by atomic mass is 10.1. The predicted molar refractivity (Wildman–Crippen MR) is 87.6 cm³/mol. The van der Waals surface area contributed by atoms with E-state index in [0.717, 1.165) is 28.5 Å². The highest BCUT2D eigenvalue weighted by atomic mass is 32.2. The van der Waals surface area contributed by atoms with Crippen molar-refractivity contribution in [1.82, 2.24) is 25.2 Å². The Morgan fingerprint density at radius 3 is 2.95 bits per heavy atom. The fourth-order valence-electron chi connectivity index (χ4n) is 2.68. The summed E-state index contributed by atoms with van der Waals surface area (Å²) in [7, 11) is 0. The average molecular weight is 311 g/mol. The molecule has 2 aromatic heterocycles. The lowest BCUT2D eigenvalue weighted by Crippen LogP contribution is -2.02. The van der Waals surface area contributed by atoms with Gasteiger partial charge in [-0.2, -0.15) is 0 Å². The van der Waals surface area contributed by atoms with Gasteiger partial charge in [0.1, 0.15) is 0 Å². The van der Waals surface area contributed by atoms with Crippen molar-refractivity contribution < 1.29 is 0 Å². The minimum atomic E-state index is 0.537. The van der Waals surface area contributed by atoms with Gasteiger partial charge < -0.3 is 0 Å². The first-order chi connectivity index (χ1) is 10.8. The van der Waals surface area contributed by atoms with Crippen LogP contribution in [0.3, 0.4) is 0 Å². The highest BCUT2D eigenvalue weighted by Crippen LogP contribution is 2.35. The van der Waals surface area contributed by atoms with Crippen LogP contribution < -0.4 is 0 Å². The molecule has 5 nitrogen and oxygen atoms in total. The van der Waals surface area contributed by atoms with Crippen molar-refractivity contribution in [2.75, 3.05) is 0 Å². The summed E-state index contributed by atoms with van der Waals surface area (Å²) >= 11 is 1.86. The number of thioether (sulfide) groups is 1. The summed E-state index contributed by atoms with van der Waals surface area (Å²) < 4.78 is 1.99. The third kappa shape index (κ3) is 2.70. The van der Waals surface area contributed by atoms with Gasteiger partial charge in [-0.25, -0.2) is 4.68 Å². The van der Waals surface area contributed by atoms with Crippen LogP contribution in [-0.2, 0) is 11.5 Å². The smallest absolute Gasteiger partial charge is 0.161 e. The van der Waals surface area contributed by atoms with Crippen LogP contribution in [0.5, 0.6) is 0 Å². The predicted octanol–water partition coefficient (Wildman–Crippen LogP) is 3.30. The van der Waals surface area contributed by atoms with Gasteiger partial charge in [0.15, 0.2) is 5.82 Å². The lowest BCUT2D eigenvalue weighted by Gasteiger charge is -2.08. The van der Waals surface area contributed by atoms with E-state index in [9.17, 15) is 0 Å². The van der Waals surface area contributed by atoms with E-state index in [-0.39, 0.29) is 0 Å². The molecule has 1 fully saturated rings. The molecule has 2 heterocycles. The van der Waals surface area contributed by atoms with E-state index in [2.05, 4.69) is 44.8 Å². The van der Waals surface area contributed by atoms with E-state index < -0.39 is 0 Å². The molecule has 0 spiro atoms. The zero-order chi connectivity index (χ0) is 14.9. The molecule has 1 aliphatic carbocycles. The van der Waals surface area contributed by atoms with Gasteiger partial charge in [0.2, 0.25) is 0 Å². The fraction of sp³-hybridized carbons (Fsp3) is 0.375. The van der Waals surface area contributed by atoms with Gasteiger partial charge in [-0.3, -0.25) is 4.98 Å². The Labute approximate surface area is 133 Å². The second-order valence-corrected chi connectivity index (χ2v) is 6.69. The highest BCUT2D eigenvalue weighted by Gasteiger charge is 2.27. The number of benzene rings is 1. The van der Waals surface area contributed by atoms with Crippen molar-refractivity contribution >= 4 is 22.7 Å². The normalized spacial score (nSPS) is 14.6. The van der Waals surface area contributed by atoms with Crippen molar-refractivity contribution in [3.05, 3.63) is 47.4 Å². The molecule has 22 heavy (non-hydrogen) atoms. The number of aryl methyl sites for hydroxylation is 1. The molecule has 0 bridgehead atoms. The largest absolute Gasteiger partial charge is 0.253 e. The lowest BCUT2D eigenvalue weighted by molar-refractivity contribution is 0.593. The van der Waals surface area contributed by atoms with E-state index in [1.807, 2.05) is 29.4 Å². The number of tetrazole rings is 1. The van der Waals surface area contributed by atoms with Crippen LogP contribution in [0, 0.1) is 6.92 Å². The Bertz CT molecular complexity index is 809. The van der Waals surface area contributed by atoms with Gasteiger partial charge in [-0.05, 0) is 47.9 Å². The van der Waals surface area contributed by atoms with Gasteiger partial charge in [-0.15, -0.1) is 16.9 Å². The summed E-state index contributed by atoms with van der Waals surface area (Å²) in [6, 6.07) is 11.0. The zero-order valence-corrected chi connectivity index (χ0v) is 13.3. The van der Waals surface area contributed by atoms with Crippen molar-refractivity contribution in [2.45, 2.75) is 37.3 Å². The maximum Gasteiger partial charge on any atom is 0.161 e. The number of fused-ring (bicyclic) bond motifs is 1. The van der Waals surface area contributed by atoms with Crippen LogP contribution in [0.4, 0.5) is 0 Å². The summed E-state index contributed by atoms with van der Waals surface area (Å²) in [5, 5.41) is 13.3. The van der Waals surface area contributed by atoms with Gasteiger partial charge >= 0.3 is 0 Å². The molecule has 0 aliphatic heterocycles. The Morgan fingerprint density at radius 1 is 1.23 bits per heavy atom. The molecule has 1 saturated carbocycles. The Hall–Kier alpha value is -1.95. The number of para-hydroxylation sites is 1. The van der Waals surface area contributed by atoms with E-state index >= 15 is 0 Å². The third-order valence-electron chi connectivity index (χ3n) is 3.87. The van der Waals surface area contributed by atoms with E-state index in [1.54, 1.807) is 0 Å². The summed E-state index contributed by atoms with van der Waals surface area (Å²) in [5.74, 6) is 2.78. The molecular weight excluding hydrogens is 294 g/mol. The third-order valence-corrected chi connectivity index (χ3v) is 4.85. The standard InChI is InChI=1S/C16H17N5S/c1-11-8-12(14-4-2-3-5-15(14)17-11)9-22-10-16-18-19-20-21(16)13-6-7-13/h2-5,8,13H,6-7,9-10H2,1H3. The summed E-state index contributed by atoms with van der Waals surface area (Å²) in [5.41, 5.74) is 3.47. The number of hydrogen-bond acceptors (Lipinski definition) is 5. The fourth-order valence-corrected chi connectivity index (χ4v) is 3.61. The summed E-state index contributed by atoms with van der Waals surface area (Å²) in [6.07, 6.45) is 2.41. The topological polar surface area (TPSA) is 56.5 Å². The maximum absolute atomic E-state index is 4.59. The molecule has 6 heteroatoms. The van der Waals surface area contributed by atoms with Crippen LogP contribution in [0.2, 0.25) is 0 Å². The molecule has 4 rings (SSSR count). The van der Waals surface area contributed by atoms with Crippen molar-refractivity contribution in [3.8, 4) is 0 Å². The molecule has 0 atom stereocenters. The van der Waals surface area contributed by atoms with Gasteiger partial charge in [0, 0.05) is 16.8 Å². The summed E-state index contributed by atoms with van der Waals surface area (Å²) in [4.78, 5) is 4.59. The van der Waals surface area contributed by atoms with Crippen LogP contribution >= 0.6 is 11.8 Å². The molecular formula is C16H17N5S. The molecule has 0 radical (unpaired) electrons. The molecule has 0 amide bonds. The van der Waals surface area contributed by atoms with E-state index in [0.29, 0.717) is 6.04 Å². The van der Waals surface area contributed by atoms with Crippen LogP contribution in [-0.4, -0.2) is 25.2 Å². The zero-order valence-electron chi connectivity index (χ0n) is 12.4. The molecule has 0 saturated heterocycles. The summed E-state index contributed by atoms with van der Waals surface area (Å²) in [6.45, 7) is 2.05. The van der Waals surface area contributed by atoms with Crippen molar-refractivity contribution in [2.24, 2.45) is 0 Å². The van der Waals surface area contributed by atoms with Gasteiger partial charge in [0.05, 0.1) is 17.3 Å². The second kappa shape index (κ2) is 5.68. The van der Waals surface area contributed by atoms with Crippen molar-refractivity contribution in [1.29, 1.82) is 0 Å². The van der Waals surface area contributed by atoms with E-state index in [1.165, 1.54) is 23.8 Å². The first kappa shape index (κ1) is 13.7. The second-order valence-electron chi connectivity index (χ2n) is 5.70. The molecule has 0 N–H and O–H groups in total. The molecule has 0 unspecified atom stereocenters. The number of rotatable bonds is 5. The first-order valence-electron chi connectivity index (χ1n) is 7.51. The van der Waals surface area contributed by atoms with Gasteiger partial charge in [0.25, 0.3) is 0 Å². The minimum Gasteiger partial charge on any atom is -0.253 e. The molecule has 1 aromatic carbocycles. The van der Waals surface area contributed by atoms with Gasteiger partial charge in [-0.1, -0.05) is 18.2 Å². The molecule has 112 valence electrons.